The zero-order valence-corrected chi connectivity index (χ0v) is 19.8. The Labute approximate surface area is 205 Å². The van der Waals surface area contributed by atoms with Crippen LogP contribution in [0.1, 0.15) is 57.5 Å². The van der Waals surface area contributed by atoms with Gasteiger partial charge in [0.25, 0.3) is 0 Å². The highest BCUT2D eigenvalue weighted by Crippen LogP contribution is 2.39. The van der Waals surface area contributed by atoms with Crippen LogP contribution in [-0.2, 0) is 19.0 Å². The molecule has 0 saturated heterocycles. The Bertz CT molecular complexity index is 1420. The molecule has 0 spiro atoms. The van der Waals surface area contributed by atoms with Crippen molar-refractivity contribution in [2.75, 3.05) is 7.11 Å². The Morgan fingerprint density at radius 3 is 2.72 bits per heavy atom. The van der Waals surface area contributed by atoms with Crippen molar-refractivity contribution in [2.24, 2.45) is 0 Å². The molecular formula is C26H24F3N5O2. The number of fused-ring (bicyclic) bond motifs is 1. The van der Waals surface area contributed by atoms with Crippen LogP contribution in [0.2, 0.25) is 0 Å². The van der Waals surface area contributed by atoms with E-state index in [1.165, 1.54) is 16.8 Å². The number of alkyl halides is 3. The van der Waals surface area contributed by atoms with Gasteiger partial charge < -0.3 is 9.30 Å². The van der Waals surface area contributed by atoms with Gasteiger partial charge >= 0.3 is 6.18 Å². The van der Waals surface area contributed by atoms with Crippen molar-refractivity contribution in [3.8, 4) is 11.4 Å². The number of aryl methyl sites for hydroxylation is 1. The SMILES string of the molecule is COc1cc(CC(=O)c2nnn3c2CCCC3c2ccccc2C(F)(F)F)ccc1-n1cnc(C)c1. The monoisotopic (exact) mass is 495 g/mol. The van der Waals surface area contributed by atoms with Gasteiger partial charge in [-0.15, -0.1) is 5.10 Å². The van der Waals surface area contributed by atoms with Crippen molar-refractivity contribution in [3.05, 3.63) is 88.8 Å². The zero-order chi connectivity index (χ0) is 25.4. The summed E-state index contributed by atoms with van der Waals surface area (Å²) in [5.41, 5.74) is 2.62. The minimum atomic E-state index is -4.48. The standard InChI is InChI=1S/C26H24F3N5O2/c1-16-14-33(15-30-16)21-11-10-17(13-24(21)36-2)12-23(35)25-22-9-5-8-20(34(22)32-31-25)18-6-3-4-7-19(18)26(27,28)29/h3-4,6-7,10-11,13-15,20H,5,8-9,12H2,1-2H3. The fraction of sp³-hybridized carbons (Fsp3) is 0.308. The Morgan fingerprint density at radius 2 is 2.00 bits per heavy atom. The lowest BCUT2D eigenvalue weighted by atomic mass is 9.91. The van der Waals surface area contributed by atoms with Crippen LogP contribution in [0.3, 0.4) is 0 Å². The van der Waals surface area contributed by atoms with E-state index in [9.17, 15) is 18.0 Å². The van der Waals surface area contributed by atoms with Crippen molar-refractivity contribution in [3.63, 3.8) is 0 Å². The first kappa shape index (κ1) is 23.8. The number of ketones is 1. The number of carbonyl (C=O) groups excluding carboxylic acids is 1. The number of Topliss-reactive ketones (excluding diaryl/α,β-unsaturated/α-hetero) is 1. The van der Waals surface area contributed by atoms with Gasteiger partial charge in [0, 0.05) is 12.6 Å². The fourth-order valence-corrected chi connectivity index (χ4v) is 4.80. The molecule has 0 N–H and O–H groups in total. The maximum Gasteiger partial charge on any atom is 0.416 e. The lowest BCUT2D eigenvalue weighted by molar-refractivity contribution is -0.138. The lowest BCUT2D eigenvalue weighted by Gasteiger charge is -2.26. The molecule has 0 fully saturated rings. The molecule has 2 aromatic carbocycles. The van der Waals surface area contributed by atoms with E-state index in [1.54, 1.807) is 25.6 Å². The van der Waals surface area contributed by atoms with Crippen LogP contribution >= 0.6 is 0 Å². The van der Waals surface area contributed by atoms with Gasteiger partial charge in [-0.1, -0.05) is 29.5 Å². The topological polar surface area (TPSA) is 74.8 Å². The van der Waals surface area contributed by atoms with Gasteiger partial charge in [-0.25, -0.2) is 9.67 Å². The van der Waals surface area contributed by atoms with Gasteiger partial charge in [0.05, 0.1) is 42.1 Å². The van der Waals surface area contributed by atoms with Crippen LogP contribution in [0, 0.1) is 6.92 Å². The molecule has 0 aliphatic carbocycles. The highest BCUT2D eigenvalue weighted by Gasteiger charge is 2.37. The summed E-state index contributed by atoms with van der Waals surface area (Å²) < 4.78 is 49.8. The number of methoxy groups -OCH3 is 1. The molecule has 0 radical (unpaired) electrons. The normalized spacial score (nSPS) is 15.5. The molecule has 1 atom stereocenters. The maximum absolute atomic E-state index is 13.6. The molecule has 1 unspecified atom stereocenters. The van der Waals surface area contributed by atoms with Crippen LogP contribution in [0.25, 0.3) is 5.69 Å². The second kappa shape index (κ2) is 9.25. The third-order valence-electron chi connectivity index (χ3n) is 6.47. The Hall–Kier alpha value is -3.95. The molecule has 1 aliphatic rings. The summed E-state index contributed by atoms with van der Waals surface area (Å²) in [6.45, 7) is 1.89. The Kier molecular flexibility index (Phi) is 6.11. The maximum atomic E-state index is 13.6. The molecule has 186 valence electrons. The third-order valence-corrected chi connectivity index (χ3v) is 6.47. The highest BCUT2D eigenvalue weighted by atomic mass is 19.4. The quantitative estimate of drug-likeness (QED) is 0.346. The second-order valence-electron chi connectivity index (χ2n) is 8.85. The predicted octanol–water partition coefficient (Wildman–Crippen LogP) is 5.15. The average Bonchev–Trinajstić information content (AvgIpc) is 3.49. The van der Waals surface area contributed by atoms with E-state index >= 15 is 0 Å². The number of rotatable bonds is 6. The largest absolute Gasteiger partial charge is 0.495 e. The molecule has 0 amide bonds. The Morgan fingerprint density at radius 1 is 1.19 bits per heavy atom. The molecule has 5 rings (SSSR count). The van der Waals surface area contributed by atoms with E-state index in [0.717, 1.165) is 23.0 Å². The first-order chi connectivity index (χ1) is 17.3. The first-order valence-corrected chi connectivity index (χ1v) is 11.6. The molecule has 0 bridgehead atoms. The molecule has 2 aromatic heterocycles. The number of imidazole rings is 1. The molecule has 4 aromatic rings. The van der Waals surface area contributed by atoms with E-state index in [-0.39, 0.29) is 23.5 Å². The van der Waals surface area contributed by atoms with E-state index < -0.39 is 17.8 Å². The number of hydrogen-bond donors (Lipinski definition) is 0. The third kappa shape index (κ3) is 4.38. The second-order valence-corrected chi connectivity index (χ2v) is 8.85. The molecule has 1 aliphatic heterocycles. The lowest BCUT2D eigenvalue weighted by Crippen LogP contribution is -2.24. The number of aromatic nitrogens is 5. The fourth-order valence-electron chi connectivity index (χ4n) is 4.80. The van der Waals surface area contributed by atoms with Crippen LogP contribution in [0.4, 0.5) is 13.2 Å². The minimum Gasteiger partial charge on any atom is -0.495 e. The van der Waals surface area contributed by atoms with Crippen LogP contribution < -0.4 is 4.74 Å². The molecule has 36 heavy (non-hydrogen) atoms. The van der Waals surface area contributed by atoms with Gasteiger partial charge in [-0.3, -0.25) is 4.79 Å². The van der Waals surface area contributed by atoms with Crippen molar-refractivity contribution >= 4 is 5.78 Å². The van der Waals surface area contributed by atoms with Crippen molar-refractivity contribution in [1.29, 1.82) is 0 Å². The smallest absolute Gasteiger partial charge is 0.416 e. The van der Waals surface area contributed by atoms with Crippen molar-refractivity contribution in [1.82, 2.24) is 24.5 Å². The number of halogens is 3. The molecule has 7 nitrogen and oxygen atoms in total. The highest BCUT2D eigenvalue weighted by molar-refractivity contribution is 5.96. The van der Waals surface area contributed by atoms with Gasteiger partial charge in [0.15, 0.2) is 11.5 Å². The molecular weight excluding hydrogens is 471 g/mol. The number of benzene rings is 2. The summed E-state index contributed by atoms with van der Waals surface area (Å²) in [5.74, 6) is 0.348. The van der Waals surface area contributed by atoms with Crippen molar-refractivity contribution < 1.29 is 22.7 Å². The van der Waals surface area contributed by atoms with E-state index in [0.29, 0.717) is 30.7 Å². The number of carbonyl (C=O) groups is 1. The van der Waals surface area contributed by atoms with Crippen LogP contribution in [0.15, 0.2) is 55.0 Å². The summed E-state index contributed by atoms with van der Waals surface area (Å²) in [7, 11) is 1.56. The van der Waals surface area contributed by atoms with E-state index in [1.807, 2.05) is 29.8 Å². The summed E-state index contributed by atoms with van der Waals surface area (Å²) in [6.07, 6.45) is 0.804. The molecule has 10 heteroatoms. The van der Waals surface area contributed by atoms with Gasteiger partial charge in [0.1, 0.15) is 5.75 Å². The number of ether oxygens (including phenoxy) is 1. The van der Waals surface area contributed by atoms with Gasteiger partial charge in [-0.05, 0) is 55.5 Å². The molecule has 0 saturated carbocycles. The minimum absolute atomic E-state index is 0.0646. The summed E-state index contributed by atoms with van der Waals surface area (Å²) in [4.78, 5) is 17.5. The molecule has 3 heterocycles. The summed E-state index contributed by atoms with van der Waals surface area (Å²) in [6, 6.07) is 10.4. The zero-order valence-electron chi connectivity index (χ0n) is 19.8. The number of hydrogen-bond acceptors (Lipinski definition) is 5. The summed E-state index contributed by atoms with van der Waals surface area (Å²) in [5, 5.41) is 8.24. The average molecular weight is 496 g/mol. The Balaban J connectivity index is 1.42. The predicted molar refractivity (Wildman–Crippen MR) is 125 cm³/mol. The van der Waals surface area contributed by atoms with Crippen molar-refractivity contribution in [2.45, 2.75) is 44.8 Å². The van der Waals surface area contributed by atoms with E-state index in [2.05, 4.69) is 15.3 Å². The van der Waals surface area contributed by atoms with Gasteiger partial charge in [-0.2, -0.15) is 13.2 Å². The van der Waals surface area contributed by atoms with Crippen LogP contribution in [-0.4, -0.2) is 37.4 Å². The van der Waals surface area contributed by atoms with Crippen LogP contribution in [0.5, 0.6) is 5.75 Å². The number of nitrogens with zero attached hydrogens (tertiary/aromatic N) is 5. The van der Waals surface area contributed by atoms with Gasteiger partial charge in [0.2, 0.25) is 0 Å². The van der Waals surface area contributed by atoms with E-state index in [4.69, 9.17) is 4.74 Å². The first-order valence-electron chi connectivity index (χ1n) is 11.6. The summed E-state index contributed by atoms with van der Waals surface area (Å²) >= 11 is 0.